The van der Waals surface area contributed by atoms with Crippen LogP contribution in [0, 0.1) is 13.8 Å². The molecule has 2 heterocycles. The largest absolute Gasteiger partial charge is 0.491 e. The van der Waals surface area contributed by atoms with E-state index in [0.717, 1.165) is 22.8 Å². The molecular formula is C27H27N3O3. The second-order valence-electron chi connectivity index (χ2n) is 8.41. The van der Waals surface area contributed by atoms with Gasteiger partial charge in [-0.3, -0.25) is 0 Å². The van der Waals surface area contributed by atoms with Crippen LogP contribution in [0.2, 0.25) is 0 Å². The molecule has 168 valence electrons. The zero-order valence-corrected chi connectivity index (χ0v) is 18.8. The fourth-order valence-electron chi connectivity index (χ4n) is 3.90. The summed E-state index contributed by atoms with van der Waals surface area (Å²) in [6.07, 6.45) is 1.87. The number of nitrogens with zero attached hydrogens (tertiary/aromatic N) is 3. The number of benzene rings is 3. The van der Waals surface area contributed by atoms with Crippen LogP contribution in [0.15, 0.2) is 85.1 Å². The van der Waals surface area contributed by atoms with Crippen LogP contribution in [0.1, 0.15) is 23.8 Å². The van der Waals surface area contributed by atoms with Crippen molar-refractivity contribution < 1.29 is 14.2 Å². The predicted octanol–water partition coefficient (Wildman–Crippen LogP) is 5.38. The zero-order chi connectivity index (χ0) is 22.6. The molecule has 5 rings (SSSR count). The first-order valence-corrected chi connectivity index (χ1v) is 11.2. The highest BCUT2D eigenvalue weighted by Crippen LogP contribution is 2.33. The van der Waals surface area contributed by atoms with Gasteiger partial charge in [0.2, 0.25) is 0 Å². The van der Waals surface area contributed by atoms with E-state index in [1.165, 1.54) is 11.1 Å². The summed E-state index contributed by atoms with van der Waals surface area (Å²) < 4.78 is 20.5. The molecule has 0 radical (unpaired) electrons. The molecule has 1 aliphatic rings. The van der Waals surface area contributed by atoms with Crippen LogP contribution in [0.5, 0.6) is 11.5 Å². The molecule has 0 N–H and O–H groups in total. The van der Waals surface area contributed by atoms with Crippen molar-refractivity contribution in [3.63, 3.8) is 0 Å². The lowest BCUT2D eigenvalue weighted by Gasteiger charge is -2.20. The Bertz CT molecular complexity index is 1170. The summed E-state index contributed by atoms with van der Waals surface area (Å²) in [5.74, 6) is 1.63. The molecule has 6 heteroatoms. The Morgan fingerprint density at radius 1 is 0.879 bits per heavy atom. The lowest BCUT2D eigenvalue weighted by atomic mass is 10.1. The normalized spacial score (nSPS) is 20.0. The van der Waals surface area contributed by atoms with Crippen molar-refractivity contribution in [2.45, 2.75) is 38.7 Å². The van der Waals surface area contributed by atoms with E-state index in [1.54, 1.807) is 4.68 Å². The van der Waals surface area contributed by atoms with Crippen molar-refractivity contribution in [1.82, 2.24) is 15.0 Å². The van der Waals surface area contributed by atoms with Crippen LogP contribution in [0.4, 0.5) is 0 Å². The maximum Gasteiger partial charge on any atom is 0.156 e. The van der Waals surface area contributed by atoms with Crippen molar-refractivity contribution in [2.24, 2.45) is 0 Å². The first-order chi connectivity index (χ1) is 16.1. The van der Waals surface area contributed by atoms with Gasteiger partial charge in [0.1, 0.15) is 36.0 Å². The quantitative estimate of drug-likeness (QED) is 0.386. The summed E-state index contributed by atoms with van der Waals surface area (Å²) in [4.78, 5) is 0. The number of aryl methyl sites for hydroxylation is 2. The Hall–Kier alpha value is -3.64. The number of ether oxygens (including phenoxy) is 3. The minimum absolute atomic E-state index is 0.174. The topological polar surface area (TPSA) is 58.4 Å². The van der Waals surface area contributed by atoms with E-state index in [2.05, 4.69) is 24.2 Å². The molecule has 1 aliphatic heterocycles. The van der Waals surface area contributed by atoms with E-state index in [4.69, 9.17) is 14.2 Å². The van der Waals surface area contributed by atoms with Crippen molar-refractivity contribution >= 4 is 0 Å². The Morgan fingerprint density at radius 3 is 2.24 bits per heavy atom. The second kappa shape index (κ2) is 9.46. The predicted molar refractivity (Wildman–Crippen MR) is 126 cm³/mol. The number of hydrogen-bond acceptors (Lipinski definition) is 5. The smallest absolute Gasteiger partial charge is 0.156 e. The van der Waals surface area contributed by atoms with E-state index >= 15 is 0 Å². The van der Waals surface area contributed by atoms with Gasteiger partial charge in [-0.1, -0.05) is 70.9 Å². The van der Waals surface area contributed by atoms with Gasteiger partial charge >= 0.3 is 0 Å². The molecule has 0 bridgehead atoms. The molecule has 6 nitrogen and oxygen atoms in total. The van der Waals surface area contributed by atoms with Gasteiger partial charge in [0.15, 0.2) is 6.23 Å². The molecule has 3 atom stereocenters. The average Bonchev–Trinajstić information content (AvgIpc) is 3.48. The van der Waals surface area contributed by atoms with Gasteiger partial charge < -0.3 is 14.2 Å². The Balaban J connectivity index is 1.32. The number of hydrogen-bond donors (Lipinski definition) is 0. The highest BCUT2D eigenvalue weighted by molar-refractivity contribution is 5.57. The lowest BCUT2D eigenvalue weighted by molar-refractivity contribution is -0.0406. The Kier molecular flexibility index (Phi) is 6.09. The monoisotopic (exact) mass is 441 g/mol. The van der Waals surface area contributed by atoms with E-state index in [0.29, 0.717) is 13.0 Å². The molecule has 1 aromatic heterocycles. The first kappa shape index (κ1) is 21.2. The first-order valence-electron chi connectivity index (χ1n) is 11.2. The molecule has 4 aromatic rings. The summed E-state index contributed by atoms with van der Waals surface area (Å²) in [5.41, 5.74) is 4.22. The SMILES string of the molecule is Cc1ccc(OC[C@H]2O[C@H](n3cc(-c4ccccc4)nn3)C[C@@H]2Oc2ccc(C)cc2)cc1. The maximum absolute atomic E-state index is 6.36. The molecule has 0 unspecified atom stereocenters. The standard InChI is InChI=1S/C27H27N3O3/c1-19-8-12-22(13-9-19)31-18-26-25(32-23-14-10-20(2)11-15-23)16-27(33-26)30-17-24(28-29-30)21-6-4-3-5-7-21/h3-15,17,25-27H,16,18H2,1-2H3/t25-,26+,27-/m0/s1. The van der Waals surface area contributed by atoms with Gasteiger partial charge in [0.05, 0.1) is 6.20 Å². The maximum atomic E-state index is 6.36. The van der Waals surface area contributed by atoms with Gasteiger partial charge in [0, 0.05) is 12.0 Å². The van der Waals surface area contributed by atoms with Crippen molar-refractivity contribution in [2.75, 3.05) is 6.61 Å². The van der Waals surface area contributed by atoms with Crippen LogP contribution >= 0.6 is 0 Å². The highest BCUT2D eigenvalue weighted by atomic mass is 16.6. The molecular weight excluding hydrogens is 414 g/mol. The summed E-state index contributed by atoms with van der Waals surface area (Å²) in [6, 6.07) is 26.1. The number of rotatable bonds is 7. The lowest BCUT2D eigenvalue weighted by Crippen LogP contribution is -2.32. The van der Waals surface area contributed by atoms with E-state index in [-0.39, 0.29) is 18.4 Å². The fourth-order valence-corrected chi connectivity index (χ4v) is 3.90. The molecule has 0 aliphatic carbocycles. The third-order valence-electron chi connectivity index (χ3n) is 5.80. The minimum Gasteiger partial charge on any atom is -0.491 e. The van der Waals surface area contributed by atoms with Gasteiger partial charge in [-0.25, -0.2) is 4.68 Å². The Morgan fingerprint density at radius 2 is 1.55 bits per heavy atom. The van der Waals surface area contributed by atoms with Crippen LogP contribution in [-0.2, 0) is 4.74 Å². The average molecular weight is 442 g/mol. The summed E-state index contributed by atoms with van der Waals surface area (Å²) in [5, 5.41) is 8.67. The molecule has 0 saturated carbocycles. The van der Waals surface area contributed by atoms with Crippen molar-refractivity contribution in [3.05, 3.63) is 96.2 Å². The highest BCUT2D eigenvalue weighted by Gasteiger charge is 2.39. The van der Waals surface area contributed by atoms with Gasteiger partial charge in [-0.05, 0) is 38.1 Å². The molecule has 0 amide bonds. The second-order valence-corrected chi connectivity index (χ2v) is 8.41. The zero-order valence-electron chi connectivity index (χ0n) is 18.8. The van der Waals surface area contributed by atoms with Crippen LogP contribution in [-0.4, -0.2) is 33.8 Å². The van der Waals surface area contributed by atoms with Crippen LogP contribution in [0.25, 0.3) is 11.3 Å². The van der Waals surface area contributed by atoms with E-state index in [1.807, 2.05) is 85.1 Å². The van der Waals surface area contributed by atoms with Crippen LogP contribution in [0.3, 0.4) is 0 Å². The molecule has 33 heavy (non-hydrogen) atoms. The third kappa shape index (κ3) is 5.07. The van der Waals surface area contributed by atoms with Crippen LogP contribution < -0.4 is 9.47 Å². The third-order valence-corrected chi connectivity index (χ3v) is 5.80. The van der Waals surface area contributed by atoms with Gasteiger partial charge in [-0.15, -0.1) is 5.10 Å². The van der Waals surface area contributed by atoms with Crippen molar-refractivity contribution in [1.29, 1.82) is 0 Å². The Labute approximate surface area is 193 Å². The fraction of sp³-hybridized carbons (Fsp3) is 0.259. The molecule has 3 aromatic carbocycles. The van der Waals surface area contributed by atoms with Crippen molar-refractivity contribution in [3.8, 4) is 22.8 Å². The molecule has 1 saturated heterocycles. The van der Waals surface area contributed by atoms with E-state index < -0.39 is 0 Å². The van der Waals surface area contributed by atoms with E-state index in [9.17, 15) is 0 Å². The summed E-state index contributed by atoms with van der Waals surface area (Å²) >= 11 is 0. The molecule has 1 fully saturated rings. The number of aromatic nitrogens is 3. The summed E-state index contributed by atoms with van der Waals surface area (Å²) in [6.45, 7) is 4.50. The summed E-state index contributed by atoms with van der Waals surface area (Å²) in [7, 11) is 0. The van der Waals surface area contributed by atoms with Gasteiger partial charge in [-0.2, -0.15) is 0 Å². The molecule has 0 spiro atoms. The van der Waals surface area contributed by atoms with Gasteiger partial charge in [0.25, 0.3) is 0 Å². The minimum atomic E-state index is -0.281.